The van der Waals surface area contributed by atoms with Gasteiger partial charge in [0.1, 0.15) is 0 Å². The average Bonchev–Trinajstić information content (AvgIpc) is 2.38. The van der Waals surface area contributed by atoms with Gasteiger partial charge in [-0.3, -0.25) is 0 Å². The van der Waals surface area contributed by atoms with Crippen molar-refractivity contribution < 1.29 is 36.5 Å². The average molecular weight is 320 g/mol. The summed E-state index contributed by atoms with van der Waals surface area (Å²) in [5, 5.41) is 9.37. The van der Waals surface area contributed by atoms with Crippen LogP contribution in [0.25, 0.3) is 0 Å². The molecule has 1 rings (SSSR count). The molecular formula is C13H21F5O3. The normalized spacial score (nSPS) is 27.9. The van der Waals surface area contributed by atoms with Gasteiger partial charge in [0.25, 0.3) is 0 Å². The number of hydrogen-bond donors (Lipinski definition) is 1. The Labute approximate surface area is 120 Å². The second kappa shape index (κ2) is 7.69. The van der Waals surface area contributed by atoms with E-state index >= 15 is 0 Å². The van der Waals surface area contributed by atoms with Gasteiger partial charge >= 0.3 is 12.1 Å². The van der Waals surface area contributed by atoms with Crippen molar-refractivity contribution in [2.45, 2.75) is 76.0 Å². The minimum atomic E-state index is -5.76. The molecule has 1 saturated heterocycles. The topological polar surface area (TPSA) is 38.7 Å². The lowest BCUT2D eigenvalue weighted by Gasteiger charge is -2.38. The molecular weight excluding hydrogens is 299 g/mol. The highest BCUT2D eigenvalue weighted by Gasteiger charge is 2.66. The van der Waals surface area contributed by atoms with Crippen molar-refractivity contribution in [1.29, 1.82) is 0 Å². The minimum absolute atomic E-state index is 0.0966. The van der Waals surface area contributed by atoms with Crippen LogP contribution in [0, 0.1) is 0 Å². The van der Waals surface area contributed by atoms with Gasteiger partial charge in [-0.1, -0.05) is 26.2 Å². The Hall–Kier alpha value is -0.470. The smallest absolute Gasteiger partial charge is 0.390 e. The van der Waals surface area contributed by atoms with Gasteiger partial charge in [-0.2, -0.15) is 22.0 Å². The molecule has 0 bridgehead atoms. The molecule has 21 heavy (non-hydrogen) atoms. The van der Waals surface area contributed by atoms with Crippen LogP contribution < -0.4 is 0 Å². The maximum Gasteiger partial charge on any atom is 0.456 e. The maximum absolute atomic E-state index is 13.3. The van der Waals surface area contributed by atoms with Crippen LogP contribution in [0.3, 0.4) is 0 Å². The van der Waals surface area contributed by atoms with Gasteiger partial charge in [-0.25, -0.2) is 0 Å². The summed E-state index contributed by atoms with van der Waals surface area (Å²) >= 11 is 0. The van der Waals surface area contributed by atoms with Crippen molar-refractivity contribution in [3.8, 4) is 0 Å². The molecule has 0 aromatic rings. The van der Waals surface area contributed by atoms with E-state index in [2.05, 4.69) is 4.74 Å². The van der Waals surface area contributed by atoms with E-state index in [1.165, 1.54) is 0 Å². The Kier molecular flexibility index (Phi) is 6.80. The van der Waals surface area contributed by atoms with Gasteiger partial charge in [0.2, 0.25) is 0 Å². The molecule has 0 aromatic heterocycles. The van der Waals surface area contributed by atoms with Gasteiger partial charge in [0.05, 0.1) is 6.10 Å². The fraction of sp³-hybridized carbons (Fsp3) is 1.00. The van der Waals surface area contributed by atoms with Gasteiger partial charge in [-0.05, 0) is 12.8 Å². The number of ether oxygens (including phenoxy) is 2. The Morgan fingerprint density at radius 2 is 1.76 bits per heavy atom. The SMILES string of the molecule is CCCCCCO[C@H]1CC[C@@H](O)[C@H](C(F)(F)C(F)(F)F)O1. The molecule has 3 atom stereocenters. The molecule has 1 aliphatic rings. The summed E-state index contributed by atoms with van der Waals surface area (Å²) in [4.78, 5) is 0. The predicted molar refractivity (Wildman–Crippen MR) is 65.0 cm³/mol. The maximum atomic E-state index is 13.3. The fourth-order valence-electron chi connectivity index (χ4n) is 2.14. The molecule has 0 spiro atoms. The molecule has 0 saturated carbocycles. The molecule has 0 amide bonds. The lowest BCUT2D eigenvalue weighted by molar-refractivity contribution is -0.358. The second-order valence-electron chi connectivity index (χ2n) is 5.18. The first kappa shape index (κ1) is 18.6. The molecule has 0 unspecified atom stereocenters. The van der Waals surface area contributed by atoms with Crippen LogP contribution >= 0.6 is 0 Å². The number of alkyl halides is 5. The summed E-state index contributed by atoms with van der Waals surface area (Å²) < 4.78 is 73.3. The standard InChI is InChI=1S/C13H21F5O3/c1-2-3-4-5-8-20-10-7-6-9(19)11(21-10)12(14,15)13(16,17)18/h9-11,19H,2-8H2,1H3/t9-,10-,11-/m1/s1. The van der Waals surface area contributed by atoms with Crippen LogP contribution in [-0.2, 0) is 9.47 Å². The van der Waals surface area contributed by atoms with Crippen molar-refractivity contribution in [2.24, 2.45) is 0 Å². The van der Waals surface area contributed by atoms with Gasteiger partial charge in [0, 0.05) is 13.0 Å². The van der Waals surface area contributed by atoms with Crippen molar-refractivity contribution in [1.82, 2.24) is 0 Å². The summed E-state index contributed by atoms with van der Waals surface area (Å²) in [6.45, 7) is 2.27. The minimum Gasteiger partial charge on any atom is -0.390 e. The quantitative estimate of drug-likeness (QED) is 0.575. The number of unbranched alkanes of at least 4 members (excludes halogenated alkanes) is 3. The molecule has 0 radical (unpaired) electrons. The lowest BCUT2D eigenvalue weighted by Crippen LogP contribution is -2.57. The van der Waals surface area contributed by atoms with E-state index in [1.54, 1.807) is 0 Å². The first-order chi connectivity index (χ1) is 9.70. The van der Waals surface area contributed by atoms with E-state index in [1.807, 2.05) is 6.92 Å². The monoisotopic (exact) mass is 320 g/mol. The third-order valence-electron chi connectivity index (χ3n) is 3.38. The van der Waals surface area contributed by atoms with Crippen molar-refractivity contribution in [3.63, 3.8) is 0 Å². The van der Waals surface area contributed by atoms with Crippen molar-refractivity contribution >= 4 is 0 Å². The number of rotatable bonds is 7. The van der Waals surface area contributed by atoms with Gasteiger partial charge in [-0.15, -0.1) is 0 Å². The lowest BCUT2D eigenvalue weighted by atomic mass is 9.99. The van der Waals surface area contributed by atoms with Crippen LogP contribution in [0.15, 0.2) is 0 Å². The van der Waals surface area contributed by atoms with Crippen LogP contribution in [0.2, 0.25) is 0 Å². The summed E-state index contributed by atoms with van der Waals surface area (Å²) in [5.74, 6) is -5.10. The number of aliphatic hydroxyl groups excluding tert-OH is 1. The van der Waals surface area contributed by atoms with Crippen LogP contribution in [0.4, 0.5) is 22.0 Å². The van der Waals surface area contributed by atoms with E-state index in [0.717, 1.165) is 19.3 Å². The molecule has 1 aliphatic heterocycles. The molecule has 0 aliphatic carbocycles. The molecule has 3 nitrogen and oxygen atoms in total. The zero-order valence-corrected chi connectivity index (χ0v) is 11.8. The van der Waals surface area contributed by atoms with Crippen LogP contribution in [0.5, 0.6) is 0 Å². The molecule has 0 aromatic carbocycles. The van der Waals surface area contributed by atoms with E-state index in [4.69, 9.17) is 4.74 Å². The Balaban J connectivity index is 2.50. The van der Waals surface area contributed by atoms with Crippen LogP contribution in [0.1, 0.15) is 45.4 Å². The second-order valence-corrected chi connectivity index (χ2v) is 5.18. The summed E-state index contributed by atoms with van der Waals surface area (Å²) in [6, 6.07) is 0. The molecule has 1 heterocycles. The molecule has 126 valence electrons. The van der Waals surface area contributed by atoms with E-state index in [9.17, 15) is 27.1 Å². The van der Waals surface area contributed by atoms with Crippen molar-refractivity contribution in [3.05, 3.63) is 0 Å². The highest BCUT2D eigenvalue weighted by molar-refractivity contribution is 4.92. The van der Waals surface area contributed by atoms with Gasteiger partial charge in [0.15, 0.2) is 12.4 Å². The third kappa shape index (κ3) is 5.03. The van der Waals surface area contributed by atoms with Crippen molar-refractivity contribution in [2.75, 3.05) is 6.61 Å². The Bertz CT molecular complexity index is 309. The third-order valence-corrected chi connectivity index (χ3v) is 3.38. The highest BCUT2D eigenvalue weighted by atomic mass is 19.4. The summed E-state index contributed by atoms with van der Waals surface area (Å²) in [5.41, 5.74) is 0. The zero-order chi connectivity index (χ0) is 16.1. The predicted octanol–water partition coefficient (Wildman–Crippen LogP) is 3.65. The van der Waals surface area contributed by atoms with E-state index in [0.29, 0.717) is 6.42 Å². The highest BCUT2D eigenvalue weighted by Crippen LogP contribution is 2.43. The number of hydrogen-bond acceptors (Lipinski definition) is 3. The molecule has 1 N–H and O–H groups in total. The summed E-state index contributed by atoms with van der Waals surface area (Å²) in [7, 11) is 0. The fourth-order valence-corrected chi connectivity index (χ4v) is 2.14. The Morgan fingerprint density at radius 3 is 2.33 bits per heavy atom. The van der Waals surface area contributed by atoms with E-state index in [-0.39, 0.29) is 19.4 Å². The first-order valence-corrected chi connectivity index (χ1v) is 7.09. The molecule has 8 heteroatoms. The first-order valence-electron chi connectivity index (χ1n) is 7.09. The van der Waals surface area contributed by atoms with E-state index < -0.39 is 30.6 Å². The van der Waals surface area contributed by atoms with Gasteiger partial charge < -0.3 is 14.6 Å². The number of aliphatic hydroxyl groups is 1. The van der Waals surface area contributed by atoms with Crippen LogP contribution in [-0.4, -0.2) is 42.3 Å². The zero-order valence-electron chi connectivity index (χ0n) is 11.8. The summed E-state index contributed by atoms with van der Waals surface area (Å²) in [6.07, 6.45) is -7.88. The molecule has 1 fully saturated rings. The Morgan fingerprint density at radius 1 is 1.10 bits per heavy atom. The largest absolute Gasteiger partial charge is 0.456 e. The number of halogens is 5.